The number of hydrogen-bond donors (Lipinski definition) is 2. The first-order valence-corrected chi connectivity index (χ1v) is 16.2. The Kier molecular flexibility index (Phi) is 19.5. The smallest absolute Gasteiger partial charge is 0.220 e. The van der Waals surface area contributed by atoms with Crippen molar-refractivity contribution in [3.8, 4) is 11.4 Å². The highest BCUT2D eigenvalue weighted by molar-refractivity contribution is 5.76. The van der Waals surface area contributed by atoms with E-state index in [1.807, 2.05) is 48.6 Å². The minimum absolute atomic E-state index is 0.0415. The molecule has 2 rings (SSSR count). The predicted molar refractivity (Wildman–Crippen MR) is 169 cm³/mol. The Morgan fingerprint density at radius 3 is 2.20 bits per heavy atom. The van der Waals surface area contributed by atoms with E-state index in [4.69, 9.17) is 4.74 Å². The topological polar surface area (TPSA) is 84.3 Å². The summed E-state index contributed by atoms with van der Waals surface area (Å²) in [7, 11) is 0. The minimum Gasteiger partial charge on any atom is -0.387 e. The number of aliphatic hydroxyl groups is 1. The Hall–Kier alpha value is -2.57. The highest BCUT2D eigenvalue weighted by Crippen LogP contribution is 2.15. The lowest BCUT2D eigenvalue weighted by molar-refractivity contribution is -0.123. The summed E-state index contributed by atoms with van der Waals surface area (Å²) in [5, 5.41) is 13.9. The highest BCUT2D eigenvalue weighted by atomic mass is 16.5. The molecule has 0 saturated carbocycles. The first kappa shape index (κ1) is 34.6. The van der Waals surface area contributed by atoms with Gasteiger partial charge in [-0.05, 0) is 43.5 Å². The maximum absolute atomic E-state index is 12.5. The number of amides is 1. The van der Waals surface area contributed by atoms with Gasteiger partial charge in [-0.1, -0.05) is 115 Å². The molecule has 0 fully saturated rings. The van der Waals surface area contributed by atoms with Crippen molar-refractivity contribution in [2.24, 2.45) is 0 Å². The average molecular weight is 566 g/mol. The molecule has 6 nitrogen and oxygen atoms in total. The SMILES string of the molecule is CCCCCCCCCCCCC/C=C\[C@@H](O)[C@H](COCc1cccc(-c2ccccn2)n1)NC(=O)CCCCC. The summed E-state index contributed by atoms with van der Waals surface area (Å²) in [5.74, 6) is -0.0415. The normalized spacial score (nSPS) is 13.0. The van der Waals surface area contributed by atoms with Gasteiger partial charge < -0.3 is 15.2 Å². The molecule has 41 heavy (non-hydrogen) atoms. The molecule has 1 amide bonds. The molecule has 6 heteroatoms. The third-order valence-corrected chi connectivity index (χ3v) is 7.36. The van der Waals surface area contributed by atoms with Crippen molar-refractivity contribution in [3.05, 3.63) is 60.4 Å². The lowest BCUT2D eigenvalue weighted by atomic mass is 10.0. The molecule has 0 radical (unpaired) electrons. The van der Waals surface area contributed by atoms with Gasteiger partial charge in [-0.25, -0.2) is 4.98 Å². The number of pyridine rings is 2. The number of carbonyl (C=O) groups excluding carboxylic acids is 1. The van der Waals surface area contributed by atoms with Gasteiger partial charge in [0.05, 0.1) is 42.4 Å². The molecule has 228 valence electrons. The first-order valence-electron chi connectivity index (χ1n) is 16.2. The van der Waals surface area contributed by atoms with E-state index in [0.29, 0.717) is 6.42 Å². The molecule has 0 aliphatic heterocycles. The summed E-state index contributed by atoms with van der Waals surface area (Å²) in [4.78, 5) is 21.6. The van der Waals surface area contributed by atoms with Crippen molar-refractivity contribution < 1.29 is 14.6 Å². The van der Waals surface area contributed by atoms with Crippen LogP contribution in [0.25, 0.3) is 11.4 Å². The third kappa shape index (κ3) is 16.5. The van der Waals surface area contributed by atoms with Gasteiger partial charge in [0.25, 0.3) is 0 Å². The monoisotopic (exact) mass is 565 g/mol. The molecule has 0 saturated heterocycles. The van der Waals surface area contributed by atoms with E-state index >= 15 is 0 Å². The van der Waals surface area contributed by atoms with Crippen molar-refractivity contribution in [2.45, 2.75) is 135 Å². The van der Waals surface area contributed by atoms with Gasteiger partial charge in [0, 0.05) is 12.6 Å². The van der Waals surface area contributed by atoms with Crippen molar-refractivity contribution >= 4 is 5.91 Å². The second-order valence-electron chi connectivity index (χ2n) is 11.1. The third-order valence-electron chi connectivity index (χ3n) is 7.36. The molecule has 2 aromatic rings. The number of rotatable bonds is 24. The van der Waals surface area contributed by atoms with E-state index in [1.54, 1.807) is 6.20 Å². The van der Waals surface area contributed by atoms with E-state index in [9.17, 15) is 9.90 Å². The van der Waals surface area contributed by atoms with E-state index in [2.05, 4.69) is 29.1 Å². The number of aromatic nitrogens is 2. The van der Waals surface area contributed by atoms with Crippen LogP contribution < -0.4 is 5.32 Å². The van der Waals surface area contributed by atoms with Gasteiger partial charge in [0.1, 0.15) is 0 Å². The Morgan fingerprint density at radius 2 is 1.51 bits per heavy atom. The zero-order valence-electron chi connectivity index (χ0n) is 25.7. The molecular weight excluding hydrogens is 510 g/mol. The molecular formula is C35H55N3O3. The maximum atomic E-state index is 12.5. The molecule has 0 spiro atoms. The number of nitrogens with one attached hydrogen (secondary N) is 1. The predicted octanol–water partition coefficient (Wildman–Crippen LogP) is 8.34. The number of hydrogen-bond acceptors (Lipinski definition) is 5. The summed E-state index contributed by atoms with van der Waals surface area (Å²) in [6.45, 7) is 4.88. The molecule has 2 atom stereocenters. The Balaban J connectivity index is 1.75. The summed E-state index contributed by atoms with van der Waals surface area (Å²) < 4.78 is 5.95. The molecule has 0 bridgehead atoms. The van der Waals surface area contributed by atoms with Crippen LogP contribution in [0.2, 0.25) is 0 Å². The Labute approximate surface area is 249 Å². The maximum Gasteiger partial charge on any atom is 0.220 e. The van der Waals surface area contributed by atoms with E-state index in [-0.39, 0.29) is 19.1 Å². The minimum atomic E-state index is -0.800. The summed E-state index contributed by atoms with van der Waals surface area (Å²) in [6.07, 6.45) is 23.7. The first-order chi connectivity index (χ1) is 20.1. The summed E-state index contributed by atoms with van der Waals surface area (Å²) in [5.41, 5.74) is 2.38. The molecule has 0 aliphatic carbocycles. The van der Waals surface area contributed by atoms with Crippen LogP contribution in [0, 0.1) is 0 Å². The zero-order valence-corrected chi connectivity index (χ0v) is 25.7. The van der Waals surface area contributed by atoms with E-state index in [1.165, 1.54) is 64.2 Å². The standard InChI is InChI=1S/C35H55N3O3/c1-3-5-7-8-9-10-11-12-13-14-15-16-18-25-34(39)33(38-35(40)26-17-6-4-2)29-41-28-30-22-21-24-32(37-30)31-23-19-20-27-36-31/h18-25,27,33-34,39H,3-17,26,28-29H2,1-2H3,(H,38,40)/b25-18-/t33-,34+/m0/s1. The van der Waals surface area contributed by atoms with E-state index in [0.717, 1.165) is 49.2 Å². The van der Waals surface area contributed by atoms with Crippen LogP contribution >= 0.6 is 0 Å². The van der Waals surface area contributed by atoms with Gasteiger partial charge in [0.2, 0.25) is 5.91 Å². The van der Waals surface area contributed by atoms with Crippen molar-refractivity contribution in [3.63, 3.8) is 0 Å². The molecule has 0 unspecified atom stereocenters. The molecule has 0 aliphatic rings. The van der Waals surface area contributed by atoms with Crippen LogP contribution in [0.3, 0.4) is 0 Å². The van der Waals surface area contributed by atoms with E-state index < -0.39 is 12.1 Å². The largest absolute Gasteiger partial charge is 0.387 e. The molecule has 2 aromatic heterocycles. The fourth-order valence-electron chi connectivity index (χ4n) is 4.84. The average Bonchev–Trinajstić information content (AvgIpc) is 2.99. The van der Waals surface area contributed by atoms with Crippen LogP contribution in [-0.4, -0.2) is 39.7 Å². The van der Waals surface area contributed by atoms with Gasteiger partial charge >= 0.3 is 0 Å². The van der Waals surface area contributed by atoms with Crippen molar-refractivity contribution in [2.75, 3.05) is 6.61 Å². The number of allylic oxidation sites excluding steroid dienone is 1. The summed E-state index contributed by atoms with van der Waals surface area (Å²) >= 11 is 0. The number of carbonyl (C=O) groups is 1. The van der Waals surface area contributed by atoms with Gasteiger partial charge in [-0.15, -0.1) is 0 Å². The van der Waals surface area contributed by atoms with Gasteiger partial charge in [0.15, 0.2) is 0 Å². The number of aliphatic hydroxyl groups excluding tert-OH is 1. The lowest BCUT2D eigenvalue weighted by Gasteiger charge is -2.22. The molecule has 0 aromatic carbocycles. The second kappa shape index (κ2) is 23.0. The van der Waals surface area contributed by atoms with Crippen molar-refractivity contribution in [1.82, 2.24) is 15.3 Å². The second-order valence-corrected chi connectivity index (χ2v) is 11.1. The van der Waals surface area contributed by atoms with Crippen LogP contribution in [0.4, 0.5) is 0 Å². The van der Waals surface area contributed by atoms with Gasteiger partial charge in [-0.2, -0.15) is 0 Å². The zero-order chi connectivity index (χ0) is 29.4. The molecule has 2 N–H and O–H groups in total. The fraction of sp³-hybridized carbons (Fsp3) is 0.629. The van der Waals surface area contributed by atoms with Gasteiger partial charge in [-0.3, -0.25) is 9.78 Å². The van der Waals surface area contributed by atoms with Crippen molar-refractivity contribution in [1.29, 1.82) is 0 Å². The Morgan fingerprint density at radius 1 is 0.854 bits per heavy atom. The quantitative estimate of drug-likeness (QED) is 0.0987. The highest BCUT2D eigenvalue weighted by Gasteiger charge is 2.19. The van der Waals surface area contributed by atoms with Crippen LogP contribution in [-0.2, 0) is 16.1 Å². The van der Waals surface area contributed by atoms with Crippen LogP contribution in [0.1, 0.15) is 122 Å². The number of ether oxygens (including phenoxy) is 1. The number of unbranched alkanes of at least 4 members (excludes halogenated alkanes) is 13. The fourth-order valence-corrected chi connectivity index (χ4v) is 4.84. The number of nitrogens with zero attached hydrogens (tertiary/aromatic N) is 2. The molecule has 2 heterocycles. The van der Waals surface area contributed by atoms with Crippen LogP contribution in [0.15, 0.2) is 54.7 Å². The van der Waals surface area contributed by atoms with Crippen LogP contribution in [0.5, 0.6) is 0 Å². The Bertz CT molecular complexity index is 951. The lowest BCUT2D eigenvalue weighted by Crippen LogP contribution is -2.45. The summed E-state index contributed by atoms with van der Waals surface area (Å²) in [6, 6.07) is 11.0.